The van der Waals surface area contributed by atoms with Crippen LogP contribution in [-0.4, -0.2) is 57.6 Å². The highest BCUT2D eigenvalue weighted by Gasteiger charge is 2.19. The number of benzene rings is 3. The SMILES string of the molecule is C=N/C=C(\OC)c1ccc(NC(=O)Nc2cccc(CNC(=O)O[C@@H](CN(CC)CC)c3ccccc3)c2)cc1OC. The van der Waals surface area contributed by atoms with Crippen molar-refractivity contribution in [1.82, 2.24) is 10.2 Å². The van der Waals surface area contributed by atoms with Crippen LogP contribution in [0.4, 0.5) is 21.0 Å². The molecule has 0 heterocycles. The molecule has 0 saturated carbocycles. The zero-order valence-electron chi connectivity index (χ0n) is 24.6. The number of carbonyl (C=O) groups excluding carboxylic acids is 2. The van der Waals surface area contributed by atoms with Crippen molar-refractivity contribution in [2.45, 2.75) is 26.5 Å². The molecule has 42 heavy (non-hydrogen) atoms. The molecule has 0 spiro atoms. The number of ether oxygens (including phenoxy) is 3. The highest BCUT2D eigenvalue weighted by atomic mass is 16.6. The minimum Gasteiger partial charge on any atom is -0.496 e. The summed E-state index contributed by atoms with van der Waals surface area (Å²) in [6.45, 7) is 10.2. The average Bonchev–Trinajstić information content (AvgIpc) is 3.01. The molecule has 3 amide bonds. The molecule has 1 atom stereocenters. The molecule has 0 saturated heterocycles. The van der Waals surface area contributed by atoms with Crippen LogP contribution in [0.15, 0.2) is 84.0 Å². The Morgan fingerprint density at radius 3 is 2.31 bits per heavy atom. The normalized spacial score (nSPS) is 11.8. The fourth-order valence-corrected chi connectivity index (χ4v) is 4.28. The van der Waals surface area contributed by atoms with Crippen molar-refractivity contribution in [3.63, 3.8) is 0 Å². The van der Waals surface area contributed by atoms with Crippen LogP contribution in [-0.2, 0) is 16.0 Å². The molecular weight excluding hydrogens is 534 g/mol. The van der Waals surface area contributed by atoms with E-state index in [4.69, 9.17) is 14.2 Å². The van der Waals surface area contributed by atoms with Gasteiger partial charge in [0.1, 0.15) is 17.6 Å². The van der Waals surface area contributed by atoms with E-state index in [9.17, 15) is 9.59 Å². The molecule has 0 bridgehead atoms. The standard InChI is InChI=1S/C32H39N5O5/c1-6-37(7-2)22-30(24-13-9-8-10-14-24)42-32(39)34-20-23-12-11-15-25(18-23)35-31(38)36-26-16-17-27(28(19-26)40-4)29(41-5)21-33-3/h8-19,21,30H,3,6-7,20,22H2,1-2,4-5H3,(H,34,39)(H2,35,36,38)/b29-21-/t30-/m0/s1. The second kappa shape index (κ2) is 16.4. The van der Waals surface area contributed by atoms with Crippen molar-refractivity contribution in [1.29, 1.82) is 0 Å². The van der Waals surface area contributed by atoms with Crippen molar-refractivity contribution in [3.8, 4) is 5.75 Å². The third-order valence-electron chi connectivity index (χ3n) is 6.51. The fourth-order valence-electron chi connectivity index (χ4n) is 4.28. The van der Waals surface area contributed by atoms with Crippen LogP contribution in [0.3, 0.4) is 0 Å². The van der Waals surface area contributed by atoms with Gasteiger partial charge in [-0.05, 0) is 55.2 Å². The van der Waals surface area contributed by atoms with Gasteiger partial charge in [-0.1, -0.05) is 56.3 Å². The molecule has 10 nitrogen and oxygen atoms in total. The van der Waals surface area contributed by atoms with Gasteiger partial charge < -0.3 is 30.2 Å². The van der Waals surface area contributed by atoms with Gasteiger partial charge >= 0.3 is 12.1 Å². The molecule has 0 aliphatic carbocycles. The summed E-state index contributed by atoms with van der Waals surface area (Å²) in [4.78, 5) is 31.4. The third kappa shape index (κ3) is 9.38. The monoisotopic (exact) mass is 573 g/mol. The quantitative estimate of drug-likeness (QED) is 0.154. The third-order valence-corrected chi connectivity index (χ3v) is 6.51. The summed E-state index contributed by atoms with van der Waals surface area (Å²) < 4.78 is 16.6. The van der Waals surface area contributed by atoms with E-state index in [-0.39, 0.29) is 6.54 Å². The smallest absolute Gasteiger partial charge is 0.408 e. The Morgan fingerprint density at radius 1 is 0.952 bits per heavy atom. The van der Waals surface area contributed by atoms with Gasteiger partial charge in [-0.15, -0.1) is 0 Å². The van der Waals surface area contributed by atoms with Gasteiger partial charge in [0, 0.05) is 30.5 Å². The minimum atomic E-state index is -0.514. The molecule has 0 radical (unpaired) electrons. The summed E-state index contributed by atoms with van der Waals surface area (Å²) in [6, 6.07) is 21.6. The van der Waals surface area contributed by atoms with E-state index in [1.807, 2.05) is 36.4 Å². The lowest BCUT2D eigenvalue weighted by molar-refractivity contribution is 0.0716. The molecule has 0 aliphatic heterocycles. The Hall–Kier alpha value is -4.83. The zero-order chi connectivity index (χ0) is 30.3. The van der Waals surface area contributed by atoms with Gasteiger partial charge in [-0.25, -0.2) is 9.59 Å². The van der Waals surface area contributed by atoms with E-state index < -0.39 is 18.2 Å². The van der Waals surface area contributed by atoms with Crippen LogP contribution >= 0.6 is 0 Å². The topological polar surface area (TPSA) is 114 Å². The van der Waals surface area contributed by atoms with Gasteiger partial charge in [0.2, 0.25) is 0 Å². The zero-order valence-corrected chi connectivity index (χ0v) is 24.6. The number of nitrogens with one attached hydrogen (secondary N) is 3. The summed E-state index contributed by atoms with van der Waals surface area (Å²) in [6.07, 6.45) is 0.568. The second-order valence-corrected chi connectivity index (χ2v) is 9.22. The molecule has 3 aromatic carbocycles. The molecule has 0 fully saturated rings. The van der Waals surface area contributed by atoms with Gasteiger partial charge in [0.15, 0.2) is 0 Å². The van der Waals surface area contributed by atoms with Gasteiger partial charge in [0.05, 0.1) is 26.0 Å². The van der Waals surface area contributed by atoms with Crippen LogP contribution in [0.1, 0.15) is 36.6 Å². The number of alkyl carbamates (subject to hydrolysis) is 1. The molecule has 3 aromatic rings. The van der Waals surface area contributed by atoms with Crippen molar-refractivity contribution >= 4 is 36.0 Å². The summed E-state index contributed by atoms with van der Waals surface area (Å²) in [7, 11) is 3.05. The first-order valence-electron chi connectivity index (χ1n) is 13.7. The largest absolute Gasteiger partial charge is 0.496 e. The molecule has 3 N–H and O–H groups in total. The Labute approximate surface area is 247 Å². The van der Waals surface area contributed by atoms with Gasteiger partial charge in [-0.2, -0.15) is 0 Å². The van der Waals surface area contributed by atoms with Crippen LogP contribution in [0.5, 0.6) is 5.75 Å². The summed E-state index contributed by atoms with van der Waals surface area (Å²) >= 11 is 0. The summed E-state index contributed by atoms with van der Waals surface area (Å²) in [5.41, 5.74) is 3.49. The number of aliphatic imine (C=N–C) groups is 1. The number of nitrogens with zero attached hydrogens (tertiary/aromatic N) is 2. The summed E-state index contributed by atoms with van der Waals surface area (Å²) in [5, 5.41) is 8.43. The lowest BCUT2D eigenvalue weighted by atomic mass is 10.1. The van der Waals surface area contributed by atoms with Crippen LogP contribution in [0, 0.1) is 0 Å². The number of likely N-dealkylation sites (N-methyl/N-ethyl adjacent to an activating group) is 1. The molecule has 10 heteroatoms. The average molecular weight is 574 g/mol. The molecule has 3 rings (SSSR count). The highest BCUT2D eigenvalue weighted by molar-refractivity contribution is 6.00. The van der Waals surface area contributed by atoms with Crippen LogP contribution in [0.2, 0.25) is 0 Å². The predicted octanol–water partition coefficient (Wildman–Crippen LogP) is 6.29. The Kier molecular flexibility index (Phi) is 12.4. The van der Waals surface area contributed by atoms with Crippen LogP contribution in [0.25, 0.3) is 5.76 Å². The maximum absolute atomic E-state index is 12.7. The molecule has 0 aliphatic rings. The second-order valence-electron chi connectivity index (χ2n) is 9.22. The number of methoxy groups -OCH3 is 2. The maximum Gasteiger partial charge on any atom is 0.408 e. The Balaban J connectivity index is 1.59. The van der Waals surface area contributed by atoms with Crippen molar-refractivity contribution < 1.29 is 23.8 Å². The van der Waals surface area contributed by atoms with E-state index in [1.165, 1.54) is 20.4 Å². The molecule has 0 aromatic heterocycles. The number of carbonyl (C=O) groups is 2. The first-order valence-corrected chi connectivity index (χ1v) is 13.7. The van der Waals surface area contributed by atoms with Crippen LogP contribution < -0.4 is 20.7 Å². The number of rotatable bonds is 14. The number of urea groups is 1. The lowest BCUT2D eigenvalue weighted by Gasteiger charge is -2.25. The van der Waals surface area contributed by atoms with Gasteiger partial charge in [-0.3, -0.25) is 9.89 Å². The number of hydrogen-bond acceptors (Lipinski definition) is 7. The Bertz CT molecular complexity index is 1360. The van der Waals surface area contributed by atoms with Crippen molar-refractivity contribution in [2.24, 2.45) is 4.99 Å². The van der Waals surface area contributed by atoms with E-state index in [0.717, 1.165) is 24.2 Å². The summed E-state index contributed by atoms with van der Waals surface area (Å²) in [5.74, 6) is 0.975. The number of amides is 3. The van der Waals surface area contributed by atoms with E-state index in [1.54, 1.807) is 36.4 Å². The first-order chi connectivity index (χ1) is 20.4. The van der Waals surface area contributed by atoms with E-state index in [0.29, 0.717) is 35.0 Å². The van der Waals surface area contributed by atoms with Crippen molar-refractivity contribution in [2.75, 3.05) is 44.5 Å². The predicted molar refractivity (Wildman–Crippen MR) is 167 cm³/mol. The lowest BCUT2D eigenvalue weighted by Crippen LogP contribution is -2.33. The fraction of sp³-hybridized carbons (Fsp3) is 0.281. The Morgan fingerprint density at radius 2 is 1.67 bits per heavy atom. The highest BCUT2D eigenvalue weighted by Crippen LogP contribution is 2.30. The number of anilines is 2. The maximum atomic E-state index is 12.7. The van der Waals surface area contributed by atoms with Crippen molar-refractivity contribution in [3.05, 3.63) is 95.7 Å². The number of hydrogen-bond donors (Lipinski definition) is 3. The van der Waals surface area contributed by atoms with E-state index in [2.05, 4.69) is 46.4 Å². The van der Waals surface area contributed by atoms with E-state index >= 15 is 0 Å². The molecular formula is C32H39N5O5. The minimum absolute atomic E-state index is 0.232. The van der Waals surface area contributed by atoms with Gasteiger partial charge in [0.25, 0.3) is 0 Å². The first kappa shape index (κ1) is 31.7. The molecule has 222 valence electrons. The molecule has 0 unspecified atom stereocenters.